The highest BCUT2D eigenvalue weighted by Gasteiger charge is 2.33. The third-order valence-electron chi connectivity index (χ3n) is 3.48. The highest BCUT2D eigenvalue weighted by molar-refractivity contribution is 9.11. The van der Waals surface area contributed by atoms with Crippen LogP contribution in [0.1, 0.15) is 39.0 Å². The second kappa shape index (κ2) is 6.43. The fourth-order valence-electron chi connectivity index (χ4n) is 2.44. The molecule has 108 valence electrons. The van der Waals surface area contributed by atoms with Crippen molar-refractivity contribution in [3.05, 3.63) is 14.9 Å². The van der Waals surface area contributed by atoms with Crippen LogP contribution in [0.3, 0.4) is 0 Å². The molecule has 0 saturated carbocycles. The Hall–Kier alpha value is 0.380. The Morgan fingerprint density at radius 3 is 2.79 bits per heavy atom. The molecule has 0 aliphatic carbocycles. The van der Waals surface area contributed by atoms with Crippen LogP contribution in [-0.2, 0) is 10.0 Å². The average molecular weight is 387 g/mol. The van der Waals surface area contributed by atoms with Crippen LogP contribution in [0.2, 0.25) is 5.02 Å². The summed E-state index contributed by atoms with van der Waals surface area (Å²) in [5.74, 6) is 0. The summed E-state index contributed by atoms with van der Waals surface area (Å²) in [7, 11) is -3.41. The number of halogens is 2. The predicted octanol–water partition coefficient (Wildman–Crippen LogP) is 4.51. The van der Waals surface area contributed by atoms with Gasteiger partial charge >= 0.3 is 0 Å². The Balaban J connectivity index is 2.35. The molecule has 1 aliphatic rings. The van der Waals surface area contributed by atoms with Crippen LogP contribution in [0.25, 0.3) is 0 Å². The first-order chi connectivity index (χ1) is 8.96. The number of nitrogens with zero attached hydrogens (tertiary/aromatic N) is 1. The van der Waals surface area contributed by atoms with Crippen LogP contribution < -0.4 is 0 Å². The van der Waals surface area contributed by atoms with E-state index >= 15 is 0 Å². The summed E-state index contributed by atoms with van der Waals surface area (Å²) in [6, 6.07) is 1.66. The molecule has 0 spiro atoms. The normalized spacial score (nSPS) is 22.4. The molecule has 7 heteroatoms. The summed E-state index contributed by atoms with van der Waals surface area (Å²) >= 11 is 10.4. The molecule has 1 unspecified atom stereocenters. The summed E-state index contributed by atoms with van der Waals surface area (Å²) < 4.78 is 28.2. The van der Waals surface area contributed by atoms with Gasteiger partial charge < -0.3 is 0 Å². The van der Waals surface area contributed by atoms with Gasteiger partial charge in [-0.25, -0.2) is 8.42 Å². The standard InChI is InChI=1S/C12H17BrClNO2S2/c1-2-9-6-4-3-5-7-15(9)19(16,17)11-8-10(14)12(13)18-11/h8-9H,2-7H2,1H3. The van der Waals surface area contributed by atoms with Gasteiger partial charge in [-0.3, -0.25) is 0 Å². The lowest BCUT2D eigenvalue weighted by molar-refractivity contribution is 0.316. The SMILES string of the molecule is CCC1CCCCCN1S(=O)(=O)c1cc(Cl)c(Br)s1. The Bertz CT molecular complexity index is 524. The molecule has 1 fully saturated rings. The van der Waals surface area contributed by atoms with E-state index in [0.29, 0.717) is 19.6 Å². The van der Waals surface area contributed by atoms with E-state index in [4.69, 9.17) is 11.6 Å². The minimum absolute atomic E-state index is 0.118. The smallest absolute Gasteiger partial charge is 0.206 e. The second-order valence-electron chi connectivity index (χ2n) is 4.71. The van der Waals surface area contributed by atoms with Gasteiger partial charge in [-0.15, -0.1) is 11.3 Å². The minimum Gasteiger partial charge on any atom is -0.206 e. The first kappa shape index (κ1) is 15.8. The van der Waals surface area contributed by atoms with E-state index in [1.54, 1.807) is 10.4 Å². The van der Waals surface area contributed by atoms with Crippen molar-refractivity contribution in [1.29, 1.82) is 0 Å². The van der Waals surface area contributed by atoms with Gasteiger partial charge in [0.05, 0.1) is 8.81 Å². The third kappa shape index (κ3) is 3.35. The molecule has 2 heterocycles. The van der Waals surface area contributed by atoms with Gasteiger partial charge in [0.25, 0.3) is 10.0 Å². The lowest BCUT2D eigenvalue weighted by Crippen LogP contribution is -2.39. The first-order valence-electron chi connectivity index (χ1n) is 6.43. The van der Waals surface area contributed by atoms with Crippen LogP contribution in [0.15, 0.2) is 14.1 Å². The van der Waals surface area contributed by atoms with Gasteiger partial charge in [0.2, 0.25) is 0 Å². The molecule has 1 aromatic heterocycles. The summed E-state index contributed by atoms with van der Waals surface area (Å²) in [5.41, 5.74) is 0. The summed E-state index contributed by atoms with van der Waals surface area (Å²) in [6.45, 7) is 2.67. The molecule has 0 amide bonds. The largest absolute Gasteiger partial charge is 0.252 e. The van der Waals surface area contributed by atoms with E-state index < -0.39 is 10.0 Å². The molecule has 19 heavy (non-hydrogen) atoms. The number of rotatable bonds is 3. The maximum absolute atomic E-state index is 12.7. The lowest BCUT2D eigenvalue weighted by atomic mass is 10.1. The van der Waals surface area contributed by atoms with Gasteiger partial charge in [-0.2, -0.15) is 4.31 Å². The van der Waals surface area contributed by atoms with Gasteiger partial charge in [0, 0.05) is 12.6 Å². The van der Waals surface area contributed by atoms with Crippen molar-refractivity contribution in [2.45, 2.75) is 49.3 Å². The van der Waals surface area contributed by atoms with Gasteiger partial charge in [0.15, 0.2) is 0 Å². The Labute approximate surface area is 132 Å². The minimum atomic E-state index is -3.41. The molecule has 3 nitrogen and oxygen atoms in total. The number of sulfonamides is 1. The van der Waals surface area contributed by atoms with E-state index in [2.05, 4.69) is 22.9 Å². The number of hydrogen-bond acceptors (Lipinski definition) is 3. The van der Waals surface area contributed by atoms with Crippen molar-refractivity contribution in [3.63, 3.8) is 0 Å². The number of thiophene rings is 1. The van der Waals surface area contributed by atoms with E-state index in [1.807, 2.05) is 0 Å². The molecular weight excluding hydrogens is 370 g/mol. The van der Waals surface area contributed by atoms with E-state index in [1.165, 1.54) is 11.3 Å². The van der Waals surface area contributed by atoms with E-state index in [9.17, 15) is 8.42 Å². The van der Waals surface area contributed by atoms with Crippen molar-refractivity contribution in [2.24, 2.45) is 0 Å². The topological polar surface area (TPSA) is 37.4 Å². The molecule has 1 aromatic rings. The van der Waals surface area contributed by atoms with Gasteiger partial charge in [0.1, 0.15) is 4.21 Å². The third-order valence-corrected chi connectivity index (χ3v) is 8.36. The van der Waals surface area contributed by atoms with Crippen molar-refractivity contribution >= 4 is 48.9 Å². The van der Waals surface area contributed by atoms with E-state index in [0.717, 1.165) is 32.1 Å². The Morgan fingerprint density at radius 2 is 2.21 bits per heavy atom. The van der Waals surface area contributed by atoms with Crippen molar-refractivity contribution in [3.8, 4) is 0 Å². The van der Waals surface area contributed by atoms with Crippen molar-refractivity contribution < 1.29 is 8.42 Å². The summed E-state index contributed by atoms with van der Waals surface area (Å²) in [5, 5.41) is 0.464. The zero-order chi connectivity index (χ0) is 14.0. The van der Waals surface area contributed by atoms with Gasteiger partial charge in [-0.05, 0) is 41.3 Å². The number of hydrogen-bond donors (Lipinski definition) is 0. The van der Waals surface area contributed by atoms with Crippen LogP contribution in [0.4, 0.5) is 0 Å². The zero-order valence-corrected chi connectivity index (χ0v) is 14.7. The van der Waals surface area contributed by atoms with Crippen LogP contribution in [0, 0.1) is 0 Å². The van der Waals surface area contributed by atoms with Crippen LogP contribution in [0.5, 0.6) is 0 Å². The average Bonchev–Trinajstić information content (AvgIpc) is 2.61. The molecule has 2 rings (SSSR count). The predicted molar refractivity (Wildman–Crippen MR) is 83.5 cm³/mol. The Morgan fingerprint density at radius 1 is 1.47 bits per heavy atom. The molecule has 0 bridgehead atoms. The molecular formula is C12H17BrClNO2S2. The highest BCUT2D eigenvalue weighted by atomic mass is 79.9. The van der Waals surface area contributed by atoms with Gasteiger partial charge in [-0.1, -0.05) is 31.4 Å². The maximum atomic E-state index is 12.7. The fraction of sp³-hybridized carbons (Fsp3) is 0.667. The molecule has 0 aromatic carbocycles. The quantitative estimate of drug-likeness (QED) is 0.766. The highest BCUT2D eigenvalue weighted by Crippen LogP contribution is 2.37. The van der Waals surface area contributed by atoms with E-state index in [-0.39, 0.29) is 6.04 Å². The molecule has 1 atom stereocenters. The summed E-state index contributed by atoms with van der Waals surface area (Å²) in [6.07, 6.45) is 4.97. The second-order valence-corrected chi connectivity index (χ2v) is 9.61. The molecule has 1 aliphatic heterocycles. The fourth-order valence-corrected chi connectivity index (χ4v) is 6.74. The summed E-state index contributed by atoms with van der Waals surface area (Å²) in [4.78, 5) is 0. The monoisotopic (exact) mass is 385 g/mol. The van der Waals surface area contributed by atoms with Crippen molar-refractivity contribution in [1.82, 2.24) is 4.31 Å². The van der Waals surface area contributed by atoms with Crippen molar-refractivity contribution in [2.75, 3.05) is 6.54 Å². The molecule has 0 N–H and O–H groups in total. The molecule has 1 saturated heterocycles. The first-order valence-corrected chi connectivity index (χ1v) is 9.86. The Kier molecular flexibility index (Phi) is 5.34. The molecule has 0 radical (unpaired) electrons. The maximum Gasteiger partial charge on any atom is 0.252 e. The van der Waals surface area contributed by atoms with Crippen LogP contribution in [-0.4, -0.2) is 25.3 Å². The lowest BCUT2D eigenvalue weighted by Gasteiger charge is -2.27. The van der Waals surface area contributed by atoms with Crippen LogP contribution >= 0.6 is 38.9 Å². The zero-order valence-electron chi connectivity index (χ0n) is 10.7.